The number of hydrogen-bond acceptors (Lipinski definition) is 3. The molecule has 1 atom stereocenters. The average molecular weight is 478 g/mol. The maximum Gasteiger partial charge on any atom is 0.254 e. The van der Waals surface area contributed by atoms with Gasteiger partial charge < -0.3 is 10.2 Å². The molecule has 0 aromatic heterocycles. The van der Waals surface area contributed by atoms with Crippen molar-refractivity contribution in [1.82, 2.24) is 9.80 Å². The van der Waals surface area contributed by atoms with Crippen LogP contribution in [0.4, 0.5) is 10.1 Å². The van der Waals surface area contributed by atoms with Crippen molar-refractivity contribution in [2.24, 2.45) is 0 Å². The molecule has 1 aromatic carbocycles. The summed E-state index contributed by atoms with van der Waals surface area (Å²) in [5.41, 5.74) is 3.09. The highest BCUT2D eigenvalue weighted by Gasteiger charge is 2.45. The second-order valence-electron chi connectivity index (χ2n) is 9.16. The zero-order valence-electron chi connectivity index (χ0n) is 21.0. The molecular weight excluding hydrogens is 441 g/mol. The van der Waals surface area contributed by atoms with Crippen LogP contribution >= 0.6 is 0 Å². The normalized spacial score (nSPS) is 19.4. The number of rotatable bonds is 9. The topological polar surface area (TPSA) is 52.7 Å². The van der Waals surface area contributed by atoms with Gasteiger partial charge in [0.05, 0.1) is 12.2 Å². The molecule has 0 saturated heterocycles. The summed E-state index contributed by atoms with van der Waals surface area (Å²) in [6, 6.07) is 5.49. The lowest BCUT2D eigenvalue weighted by molar-refractivity contribution is -0.140. The molecule has 35 heavy (non-hydrogen) atoms. The zero-order chi connectivity index (χ0) is 25.5. The first-order valence-electron chi connectivity index (χ1n) is 12.3. The Morgan fingerprint density at radius 2 is 1.94 bits per heavy atom. The van der Waals surface area contributed by atoms with Crippen molar-refractivity contribution >= 4 is 17.5 Å². The monoisotopic (exact) mass is 477 g/mol. The third-order valence-electron chi connectivity index (χ3n) is 6.55. The quantitative estimate of drug-likeness (QED) is 0.437. The smallest absolute Gasteiger partial charge is 0.254 e. The van der Waals surface area contributed by atoms with Crippen molar-refractivity contribution in [1.29, 1.82) is 0 Å². The summed E-state index contributed by atoms with van der Waals surface area (Å²) in [5.74, 6) is -0.920. The van der Waals surface area contributed by atoms with Gasteiger partial charge in [0.1, 0.15) is 11.9 Å². The highest BCUT2D eigenvalue weighted by atomic mass is 19.1. The predicted molar refractivity (Wildman–Crippen MR) is 140 cm³/mol. The van der Waals surface area contributed by atoms with Gasteiger partial charge in [-0.2, -0.15) is 0 Å². The minimum Gasteiger partial charge on any atom is -0.374 e. The van der Waals surface area contributed by atoms with Crippen molar-refractivity contribution in [2.75, 3.05) is 11.9 Å². The number of halogens is 1. The number of allylic oxidation sites excluding steroid dienone is 5. The predicted octanol–water partition coefficient (Wildman–Crippen LogP) is 6.11. The molecule has 1 N–H and O–H groups in total. The molecule has 1 fully saturated rings. The number of benzene rings is 1. The van der Waals surface area contributed by atoms with E-state index in [1.165, 1.54) is 17.4 Å². The molecule has 0 radical (unpaired) electrons. The molecule has 2 aliphatic rings. The molecule has 5 nitrogen and oxygen atoms in total. The van der Waals surface area contributed by atoms with Crippen LogP contribution in [0.15, 0.2) is 84.3 Å². The fraction of sp³-hybridized carbons (Fsp3) is 0.379. The molecule has 186 valence electrons. The molecule has 1 aliphatic carbocycles. The van der Waals surface area contributed by atoms with E-state index in [9.17, 15) is 14.0 Å². The fourth-order valence-corrected chi connectivity index (χ4v) is 4.99. The van der Waals surface area contributed by atoms with E-state index >= 15 is 0 Å². The van der Waals surface area contributed by atoms with Gasteiger partial charge in [0, 0.05) is 23.0 Å². The van der Waals surface area contributed by atoms with Crippen molar-refractivity contribution in [3.63, 3.8) is 0 Å². The van der Waals surface area contributed by atoms with E-state index in [1.54, 1.807) is 36.4 Å². The first-order valence-corrected chi connectivity index (χ1v) is 12.3. The minimum absolute atomic E-state index is 0.124. The summed E-state index contributed by atoms with van der Waals surface area (Å²) in [6.45, 7) is 13.4. The Hall–Kier alpha value is -3.41. The third kappa shape index (κ3) is 5.81. The van der Waals surface area contributed by atoms with Crippen molar-refractivity contribution < 1.29 is 14.0 Å². The molecule has 2 amide bonds. The lowest BCUT2D eigenvalue weighted by Crippen LogP contribution is -2.50. The summed E-state index contributed by atoms with van der Waals surface area (Å²) in [6.07, 6.45) is 12.3. The number of hydrogen-bond donors (Lipinski definition) is 1. The number of para-hydroxylation sites is 1. The van der Waals surface area contributed by atoms with E-state index in [0.717, 1.165) is 42.5 Å². The van der Waals surface area contributed by atoms with Crippen molar-refractivity contribution in [2.45, 2.75) is 65.0 Å². The highest BCUT2D eigenvalue weighted by Crippen LogP contribution is 2.36. The molecule has 6 heteroatoms. The summed E-state index contributed by atoms with van der Waals surface area (Å²) in [7, 11) is 0. The number of nitrogens with one attached hydrogen (secondary N) is 1. The molecule has 1 aromatic rings. The van der Waals surface area contributed by atoms with Gasteiger partial charge in [0.2, 0.25) is 5.91 Å². The van der Waals surface area contributed by atoms with Crippen LogP contribution in [0.1, 0.15) is 52.9 Å². The lowest BCUT2D eigenvalue weighted by Gasteiger charge is -2.34. The first-order chi connectivity index (χ1) is 16.8. The third-order valence-corrected chi connectivity index (χ3v) is 6.55. The number of amides is 2. The van der Waals surface area contributed by atoms with Gasteiger partial charge >= 0.3 is 0 Å². The largest absolute Gasteiger partial charge is 0.374 e. The number of carbonyl (C=O) groups is 2. The average Bonchev–Trinajstić information content (AvgIpc) is 3.08. The van der Waals surface area contributed by atoms with Gasteiger partial charge in [0.15, 0.2) is 0 Å². The van der Waals surface area contributed by atoms with Crippen LogP contribution in [0.5, 0.6) is 0 Å². The van der Waals surface area contributed by atoms with E-state index in [4.69, 9.17) is 0 Å². The molecular formula is C29H36FN3O2. The van der Waals surface area contributed by atoms with Crippen LogP contribution in [0.3, 0.4) is 0 Å². The van der Waals surface area contributed by atoms with Crippen molar-refractivity contribution in [3.05, 3.63) is 90.1 Å². The van der Waals surface area contributed by atoms with Gasteiger partial charge in [-0.15, -0.1) is 0 Å². The van der Waals surface area contributed by atoms with E-state index in [-0.39, 0.29) is 30.1 Å². The molecule has 1 aliphatic heterocycles. The Bertz CT molecular complexity index is 1080. The van der Waals surface area contributed by atoms with Gasteiger partial charge in [-0.25, -0.2) is 4.39 Å². The SMILES string of the molecule is C=CC1=C(C)N(C2CCCCC2)C(=O)C1N(C(=O)CNc1ccccc1F)C(/C=C\C)=C/C(=C)C. The van der Waals surface area contributed by atoms with Crippen LogP contribution in [0.25, 0.3) is 0 Å². The molecule has 1 heterocycles. The first kappa shape index (κ1) is 26.2. The van der Waals surface area contributed by atoms with Crippen LogP contribution in [-0.4, -0.2) is 40.2 Å². The van der Waals surface area contributed by atoms with Gasteiger partial charge in [-0.1, -0.05) is 62.3 Å². The second-order valence-corrected chi connectivity index (χ2v) is 9.16. The van der Waals surface area contributed by atoms with E-state index in [0.29, 0.717) is 5.70 Å². The van der Waals surface area contributed by atoms with Gasteiger partial charge in [0.25, 0.3) is 5.91 Å². The maximum atomic E-state index is 14.2. The highest BCUT2D eigenvalue weighted by molar-refractivity contribution is 5.97. The fourth-order valence-electron chi connectivity index (χ4n) is 4.99. The molecule has 1 unspecified atom stereocenters. The Kier molecular flexibility index (Phi) is 8.85. The maximum absolute atomic E-state index is 14.2. The van der Waals surface area contributed by atoms with E-state index in [2.05, 4.69) is 18.5 Å². The summed E-state index contributed by atoms with van der Waals surface area (Å²) >= 11 is 0. The molecule has 3 rings (SSSR count). The summed E-state index contributed by atoms with van der Waals surface area (Å²) in [4.78, 5) is 31.0. The number of carbonyl (C=O) groups excluding carboxylic acids is 2. The Morgan fingerprint density at radius 3 is 2.54 bits per heavy atom. The standard InChI is InChI=1S/C29H36FN3O2/c1-6-13-23(18-20(3)4)33(27(34)19-31-26-17-12-11-16-25(26)30)28-24(7-2)21(5)32(29(28)35)22-14-9-8-10-15-22/h6-7,11-13,16-18,22,28,31H,2-3,8-10,14-15,19H2,1,4-5H3/b13-6-,23-18+. The number of nitrogens with zero attached hydrogens (tertiary/aromatic N) is 2. The zero-order valence-corrected chi connectivity index (χ0v) is 21.0. The minimum atomic E-state index is -0.842. The second kappa shape index (κ2) is 11.8. The number of anilines is 1. The lowest BCUT2D eigenvalue weighted by atomic mass is 9.94. The Morgan fingerprint density at radius 1 is 1.26 bits per heavy atom. The van der Waals surface area contributed by atoms with Crippen LogP contribution in [0.2, 0.25) is 0 Å². The van der Waals surface area contributed by atoms with Crippen LogP contribution in [0, 0.1) is 5.82 Å². The van der Waals surface area contributed by atoms with Crippen molar-refractivity contribution in [3.8, 4) is 0 Å². The Balaban J connectivity index is 2.02. The van der Waals surface area contributed by atoms with E-state index < -0.39 is 11.9 Å². The van der Waals surface area contributed by atoms with E-state index in [1.807, 2.05) is 31.7 Å². The van der Waals surface area contributed by atoms with Crippen LogP contribution < -0.4 is 5.32 Å². The Labute approximate surface area is 208 Å². The molecule has 1 saturated carbocycles. The van der Waals surface area contributed by atoms with Gasteiger partial charge in [-0.3, -0.25) is 14.5 Å². The van der Waals surface area contributed by atoms with Gasteiger partial charge in [-0.05, 0) is 57.9 Å². The van der Waals surface area contributed by atoms with Crippen LogP contribution in [-0.2, 0) is 9.59 Å². The summed E-state index contributed by atoms with van der Waals surface area (Å²) in [5, 5.41) is 2.89. The summed E-state index contributed by atoms with van der Waals surface area (Å²) < 4.78 is 14.2. The molecule has 0 bridgehead atoms. The molecule has 0 spiro atoms.